The Labute approximate surface area is 158 Å². The van der Waals surface area contributed by atoms with Crippen molar-refractivity contribution in [1.29, 1.82) is 0 Å². The molecule has 144 valence electrons. The van der Waals surface area contributed by atoms with E-state index in [1.165, 1.54) is 0 Å². The molecule has 1 aliphatic rings. The van der Waals surface area contributed by atoms with E-state index in [-0.39, 0.29) is 5.91 Å². The molecule has 0 atom stereocenters. The summed E-state index contributed by atoms with van der Waals surface area (Å²) >= 11 is 0. The fraction of sp³-hybridized carbons (Fsp3) is 0.421. The molecule has 1 amide bonds. The first-order valence-corrected chi connectivity index (χ1v) is 8.99. The third kappa shape index (κ3) is 5.38. The minimum atomic E-state index is -0.218. The highest BCUT2D eigenvalue weighted by Crippen LogP contribution is 2.27. The van der Waals surface area contributed by atoms with Gasteiger partial charge in [0.25, 0.3) is 5.91 Å². The standard InChI is InChI=1S/C19H25N5O3/c1-14-3-4-17(26-2)16(13-14)23-19-21-6-5-15(22-19)18(25)20-7-8-24-9-11-27-12-10-24/h3-6,13H,7-12H2,1-2H3,(H,20,25)(H,21,22,23). The van der Waals surface area contributed by atoms with E-state index in [0.717, 1.165) is 44.1 Å². The molecule has 8 heteroatoms. The zero-order valence-corrected chi connectivity index (χ0v) is 15.7. The van der Waals surface area contributed by atoms with Gasteiger partial charge in [-0.05, 0) is 30.7 Å². The number of aromatic nitrogens is 2. The topological polar surface area (TPSA) is 88.6 Å². The van der Waals surface area contributed by atoms with Crippen LogP contribution in [-0.4, -0.2) is 67.3 Å². The number of nitrogens with zero attached hydrogens (tertiary/aromatic N) is 3. The molecule has 8 nitrogen and oxygen atoms in total. The fourth-order valence-electron chi connectivity index (χ4n) is 2.83. The summed E-state index contributed by atoms with van der Waals surface area (Å²) in [7, 11) is 1.61. The van der Waals surface area contributed by atoms with Crippen LogP contribution in [-0.2, 0) is 4.74 Å². The normalized spacial score (nSPS) is 14.6. The smallest absolute Gasteiger partial charge is 0.270 e. The molecule has 1 fully saturated rings. The number of rotatable bonds is 7. The molecule has 3 rings (SSSR count). The lowest BCUT2D eigenvalue weighted by atomic mass is 10.2. The zero-order chi connectivity index (χ0) is 19.1. The molecule has 27 heavy (non-hydrogen) atoms. The highest BCUT2D eigenvalue weighted by molar-refractivity contribution is 5.92. The van der Waals surface area contributed by atoms with Gasteiger partial charge in [-0.2, -0.15) is 0 Å². The molecule has 0 bridgehead atoms. The molecule has 2 heterocycles. The molecular formula is C19H25N5O3. The van der Waals surface area contributed by atoms with E-state index in [1.54, 1.807) is 19.4 Å². The second kappa shape index (κ2) is 9.29. The number of anilines is 2. The summed E-state index contributed by atoms with van der Waals surface area (Å²) in [4.78, 5) is 23.1. The Morgan fingerprint density at radius 1 is 1.30 bits per heavy atom. The second-order valence-electron chi connectivity index (χ2n) is 6.30. The lowest BCUT2D eigenvalue weighted by Gasteiger charge is -2.26. The van der Waals surface area contributed by atoms with Crippen LogP contribution < -0.4 is 15.4 Å². The van der Waals surface area contributed by atoms with E-state index >= 15 is 0 Å². The Morgan fingerprint density at radius 3 is 2.89 bits per heavy atom. The van der Waals surface area contributed by atoms with E-state index < -0.39 is 0 Å². The Morgan fingerprint density at radius 2 is 2.11 bits per heavy atom. The van der Waals surface area contributed by atoms with Crippen LogP contribution in [0.5, 0.6) is 5.75 Å². The summed E-state index contributed by atoms with van der Waals surface area (Å²) in [5.74, 6) is 0.814. The Bertz CT molecular complexity index is 778. The Hall–Kier alpha value is -2.71. The molecule has 1 saturated heterocycles. The van der Waals surface area contributed by atoms with Gasteiger partial charge in [-0.25, -0.2) is 9.97 Å². The van der Waals surface area contributed by atoms with Gasteiger partial charge in [0.05, 0.1) is 26.0 Å². The molecule has 1 aromatic carbocycles. The number of methoxy groups -OCH3 is 1. The Balaban J connectivity index is 1.59. The molecule has 1 aromatic heterocycles. The van der Waals surface area contributed by atoms with E-state index in [0.29, 0.717) is 23.9 Å². The van der Waals surface area contributed by atoms with Crippen molar-refractivity contribution in [2.75, 3.05) is 51.8 Å². The third-order valence-electron chi connectivity index (χ3n) is 4.31. The van der Waals surface area contributed by atoms with Crippen molar-refractivity contribution in [3.05, 3.63) is 41.7 Å². The highest BCUT2D eigenvalue weighted by atomic mass is 16.5. The van der Waals surface area contributed by atoms with Crippen LogP contribution in [0.1, 0.15) is 16.1 Å². The summed E-state index contributed by atoms with van der Waals surface area (Å²) < 4.78 is 10.7. The first-order chi connectivity index (χ1) is 13.2. The predicted molar refractivity (Wildman–Crippen MR) is 103 cm³/mol. The van der Waals surface area contributed by atoms with Crippen molar-refractivity contribution in [3.63, 3.8) is 0 Å². The molecule has 1 aliphatic heterocycles. The van der Waals surface area contributed by atoms with Crippen LogP contribution in [0, 0.1) is 6.92 Å². The maximum absolute atomic E-state index is 12.4. The van der Waals surface area contributed by atoms with Gasteiger partial charge in [-0.1, -0.05) is 6.07 Å². The SMILES string of the molecule is COc1ccc(C)cc1Nc1nccc(C(=O)NCCN2CCOCC2)n1. The van der Waals surface area contributed by atoms with Crippen LogP contribution >= 0.6 is 0 Å². The van der Waals surface area contributed by atoms with Gasteiger partial charge < -0.3 is 20.1 Å². The predicted octanol–water partition coefficient (Wildman–Crippen LogP) is 1.60. The number of benzene rings is 1. The maximum Gasteiger partial charge on any atom is 0.270 e. The van der Waals surface area contributed by atoms with Crippen molar-refractivity contribution in [1.82, 2.24) is 20.2 Å². The average Bonchev–Trinajstić information content (AvgIpc) is 2.69. The minimum Gasteiger partial charge on any atom is -0.495 e. The molecule has 2 N–H and O–H groups in total. The number of hydrogen-bond donors (Lipinski definition) is 2. The lowest BCUT2D eigenvalue weighted by Crippen LogP contribution is -2.41. The minimum absolute atomic E-state index is 0.218. The number of morpholine rings is 1. The number of aryl methyl sites for hydroxylation is 1. The number of ether oxygens (including phenoxy) is 2. The number of hydrogen-bond acceptors (Lipinski definition) is 7. The lowest BCUT2D eigenvalue weighted by molar-refractivity contribution is 0.0383. The zero-order valence-electron chi connectivity index (χ0n) is 15.7. The maximum atomic E-state index is 12.4. The van der Waals surface area contributed by atoms with Crippen molar-refractivity contribution < 1.29 is 14.3 Å². The average molecular weight is 371 g/mol. The van der Waals surface area contributed by atoms with Gasteiger partial charge in [0.15, 0.2) is 0 Å². The van der Waals surface area contributed by atoms with Crippen LogP contribution in [0.2, 0.25) is 0 Å². The highest BCUT2D eigenvalue weighted by Gasteiger charge is 2.13. The number of carbonyl (C=O) groups excluding carboxylic acids is 1. The molecule has 0 radical (unpaired) electrons. The van der Waals surface area contributed by atoms with Gasteiger partial charge in [-0.3, -0.25) is 9.69 Å². The van der Waals surface area contributed by atoms with E-state index in [4.69, 9.17) is 9.47 Å². The van der Waals surface area contributed by atoms with Crippen LogP contribution in [0.15, 0.2) is 30.5 Å². The molecule has 0 unspecified atom stereocenters. The van der Waals surface area contributed by atoms with Gasteiger partial charge >= 0.3 is 0 Å². The number of nitrogens with one attached hydrogen (secondary N) is 2. The molecule has 0 aliphatic carbocycles. The van der Waals surface area contributed by atoms with Crippen molar-refractivity contribution >= 4 is 17.5 Å². The quantitative estimate of drug-likeness (QED) is 0.764. The van der Waals surface area contributed by atoms with Gasteiger partial charge in [0.1, 0.15) is 11.4 Å². The van der Waals surface area contributed by atoms with Crippen LogP contribution in [0.4, 0.5) is 11.6 Å². The number of amides is 1. The summed E-state index contributed by atoms with van der Waals surface area (Å²) in [6.45, 7) is 6.65. The first-order valence-electron chi connectivity index (χ1n) is 8.99. The van der Waals surface area contributed by atoms with Gasteiger partial charge in [0, 0.05) is 32.4 Å². The summed E-state index contributed by atoms with van der Waals surface area (Å²) in [5.41, 5.74) is 2.15. The van der Waals surface area contributed by atoms with Gasteiger partial charge in [-0.15, -0.1) is 0 Å². The summed E-state index contributed by atoms with van der Waals surface area (Å²) in [6, 6.07) is 7.38. The molecular weight excluding hydrogens is 346 g/mol. The fourth-order valence-corrected chi connectivity index (χ4v) is 2.83. The van der Waals surface area contributed by atoms with Crippen molar-refractivity contribution in [3.8, 4) is 5.75 Å². The van der Waals surface area contributed by atoms with E-state index in [9.17, 15) is 4.79 Å². The summed E-state index contributed by atoms with van der Waals surface area (Å²) in [6.07, 6.45) is 1.56. The molecule has 2 aromatic rings. The monoisotopic (exact) mass is 371 g/mol. The Kier molecular flexibility index (Phi) is 6.56. The first kappa shape index (κ1) is 19.1. The molecule has 0 saturated carbocycles. The van der Waals surface area contributed by atoms with E-state index in [2.05, 4.69) is 25.5 Å². The molecule has 0 spiro atoms. The van der Waals surface area contributed by atoms with E-state index in [1.807, 2.05) is 25.1 Å². The summed E-state index contributed by atoms with van der Waals surface area (Å²) in [5, 5.41) is 6.02. The number of carbonyl (C=O) groups is 1. The van der Waals surface area contributed by atoms with Crippen LogP contribution in [0.25, 0.3) is 0 Å². The van der Waals surface area contributed by atoms with Crippen LogP contribution in [0.3, 0.4) is 0 Å². The second-order valence-corrected chi connectivity index (χ2v) is 6.30. The third-order valence-corrected chi connectivity index (χ3v) is 4.31. The van der Waals surface area contributed by atoms with Crippen molar-refractivity contribution in [2.24, 2.45) is 0 Å². The largest absolute Gasteiger partial charge is 0.495 e. The van der Waals surface area contributed by atoms with Crippen molar-refractivity contribution in [2.45, 2.75) is 6.92 Å². The van der Waals surface area contributed by atoms with Gasteiger partial charge in [0.2, 0.25) is 5.95 Å².